The number of rotatable bonds is 1. The molecule has 0 aromatic carbocycles. The van der Waals surface area contributed by atoms with Crippen LogP contribution < -0.4 is 10.9 Å². The van der Waals surface area contributed by atoms with Crippen molar-refractivity contribution >= 4 is 0 Å². The fourth-order valence-corrected chi connectivity index (χ4v) is 2.78. The molecule has 1 aliphatic carbocycles. The van der Waals surface area contributed by atoms with Crippen molar-refractivity contribution in [3.63, 3.8) is 0 Å². The molecule has 16 heavy (non-hydrogen) atoms. The van der Waals surface area contributed by atoms with E-state index in [9.17, 15) is 4.79 Å². The minimum absolute atomic E-state index is 0.0911. The van der Waals surface area contributed by atoms with Gasteiger partial charge in [0.2, 0.25) is 0 Å². The summed E-state index contributed by atoms with van der Waals surface area (Å²) in [5.41, 5.74) is 1.95. The second kappa shape index (κ2) is 4.01. The van der Waals surface area contributed by atoms with E-state index in [2.05, 4.69) is 15.3 Å². The zero-order valence-electron chi connectivity index (χ0n) is 9.38. The monoisotopic (exact) mass is 219 g/mol. The minimum atomic E-state index is 0.0911. The fourth-order valence-electron chi connectivity index (χ4n) is 2.78. The highest BCUT2D eigenvalue weighted by Crippen LogP contribution is 2.31. The van der Waals surface area contributed by atoms with Crippen LogP contribution in [0.2, 0.25) is 0 Å². The largest absolute Gasteiger partial charge is 0.311 e. The molecule has 4 heteroatoms. The molecule has 1 aliphatic heterocycles. The van der Waals surface area contributed by atoms with Gasteiger partial charge in [-0.15, -0.1) is 0 Å². The summed E-state index contributed by atoms with van der Waals surface area (Å²) in [5, 5.41) is 3.27. The van der Waals surface area contributed by atoms with Gasteiger partial charge in [0.1, 0.15) is 5.82 Å². The normalized spacial score (nSPS) is 21.0. The molecule has 1 fully saturated rings. The van der Waals surface area contributed by atoms with Gasteiger partial charge >= 0.3 is 0 Å². The zero-order valence-corrected chi connectivity index (χ0v) is 9.38. The average Bonchev–Trinajstić information content (AvgIpc) is 2.82. The van der Waals surface area contributed by atoms with Crippen molar-refractivity contribution in [1.29, 1.82) is 0 Å². The minimum Gasteiger partial charge on any atom is -0.311 e. The van der Waals surface area contributed by atoms with E-state index in [4.69, 9.17) is 0 Å². The van der Waals surface area contributed by atoms with Gasteiger partial charge in [-0.05, 0) is 25.8 Å². The predicted octanol–water partition coefficient (Wildman–Crippen LogP) is 1.07. The number of aromatic amines is 1. The van der Waals surface area contributed by atoms with E-state index >= 15 is 0 Å². The Bertz CT molecular complexity index is 446. The number of hydrogen-bond acceptors (Lipinski definition) is 3. The molecule has 1 aromatic heterocycles. The maximum atomic E-state index is 11.9. The first kappa shape index (κ1) is 10.0. The van der Waals surface area contributed by atoms with Crippen LogP contribution in [0.3, 0.4) is 0 Å². The lowest BCUT2D eigenvalue weighted by molar-refractivity contribution is 0.590. The van der Waals surface area contributed by atoms with Crippen LogP contribution in [0.1, 0.15) is 48.7 Å². The first-order valence-corrected chi connectivity index (χ1v) is 6.17. The summed E-state index contributed by atoms with van der Waals surface area (Å²) >= 11 is 0. The number of hydrogen-bond donors (Lipinski definition) is 2. The van der Waals surface area contributed by atoms with Crippen molar-refractivity contribution < 1.29 is 0 Å². The third kappa shape index (κ3) is 1.67. The SMILES string of the molecule is O=c1[nH]c(C2CCCC2)nc2c1CCNC2. The number of aromatic nitrogens is 2. The summed E-state index contributed by atoms with van der Waals surface area (Å²) in [4.78, 5) is 19.5. The molecule has 0 unspecified atom stereocenters. The summed E-state index contributed by atoms with van der Waals surface area (Å²) < 4.78 is 0. The van der Waals surface area contributed by atoms with Crippen LogP contribution in [0, 0.1) is 0 Å². The van der Waals surface area contributed by atoms with Crippen LogP contribution in [0.5, 0.6) is 0 Å². The second-order valence-electron chi connectivity index (χ2n) is 4.78. The third-order valence-electron chi connectivity index (χ3n) is 3.71. The average molecular weight is 219 g/mol. The van der Waals surface area contributed by atoms with E-state index in [1.807, 2.05) is 0 Å². The van der Waals surface area contributed by atoms with Gasteiger partial charge in [-0.1, -0.05) is 12.8 Å². The molecule has 0 spiro atoms. The third-order valence-corrected chi connectivity index (χ3v) is 3.71. The zero-order chi connectivity index (χ0) is 11.0. The highest BCUT2D eigenvalue weighted by atomic mass is 16.1. The maximum Gasteiger partial charge on any atom is 0.254 e. The molecule has 0 atom stereocenters. The number of nitrogens with zero attached hydrogens (tertiary/aromatic N) is 1. The molecule has 3 rings (SSSR count). The molecule has 2 heterocycles. The second-order valence-corrected chi connectivity index (χ2v) is 4.78. The van der Waals surface area contributed by atoms with Gasteiger partial charge in [-0.25, -0.2) is 4.98 Å². The van der Waals surface area contributed by atoms with Gasteiger partial charge in [-0.3, -0.25) is 4.79 Å². The van der Waals surface area contributed by atoms with Gasteiger partial charge in [0, 0.05) is 18.0 Å². The predicted molar refractivity (Wildman–Crippen MR) is 61.5 cm³/mol. The van der Waals surface area contributed by atoms with Crippen LogP contribution >= 0.6 is 0 Å². The quantitative estimate of drug-likeness (QED) is 0.743. The smallest absolute Gasteiger partial charge is 0.254 e. The summed E-state index contributed by atoms with van der Waals surface area (Å²) in [6, 6.07) is 0. The highest BCUT2D eigenvalue weighted by Gasteiger charge is 2.22. The van der Waals surface area contributed by atoms with Gasteiger partial charge < -0.3 is 10.3 Å². The number of H-pyrrole nitrogens is 1. The summed E-state index contributed by atoms with van der Waals surface area (Å²) in [6.45, 7) is 1.64. The summed E-state index contributed by atoms with van der Waals surface area (Å²) in [7, 11) is 0. The lowest BCUT2D eigenvalue weighted by atomic mass is 10.0. The maximum absolute atomic E-state index is 11.9. The van der Waals surface area contributed by atoms with Crippen LogP contribution in [-0.2, 0) is 13.0 Å². The number of nitrogens with one attached hydrogen (secondary N) is 2. The van der Waals surface area contributed by atoms with Gasteiger partial charge in [0.15, 0.2) is 0 Å². The van der Waals surface area contributed by atoms with Crippen LogP contribution in [-0.4, -0.2) is 16.5 Å². The first-order chi connectivity index (χ1) is 7.84. The van der Waals surface area contributed by atoms with E-state index in [1.165, 1.54) is 25.7 Å². The molecule has 2 aliphatic rings. The van der Waals surface area contributed by atoms with Crippen molar-refractivity contribution in [2.24, 2.45) is 0 Å². The Morgan fingerprint density at radius 3 is 2.88 bits per heavy atom. The van der Waals surface area contributed by atoms with E-state index < -0.39 is 0 Å². The first-order valence-electron chi connectivity index (χ1n) is 6.17. The lowest BCUT2D eigenvalue weighted by Gasteiger charge is -2.17. The Morgan fingerprint density at radius 2 is 2.06 bits per heavy atom. The molecule has 0 saturated heterocycles. The molecule has 4 nitrogen and oxygen atoms in total. The van der Waals surface area contributed by atoms with Crippen molar-refractivity contribution in [2.75, 3.05) is 6.54 Å². The lowest BCUT2D eigenvalue weighted by Crippen LogP contribution is -2.32. The molecular weight excluding hydrogens is 202 g/mol. The van der Waals surface area contributed by atoms with Crippen molar-refractivity contribution in [3.05, 3.63) is 27.4 Å². The van der Waals surface area contributed by atoms with E-state index in [0.29, 0.717) is 5.92 Å². The highest BCUT2D eigenvalue weighted by molar-refractivity contribution is 5.21. The topological polar surface area (TPSA) is 57.8 Å². The van der Waals surface area contributed by atoms with E-state index in [0.717, 1.165) is 36.6 Å². The Balaban J connectivity index is 2.01. The fraction of sp³-hybridized carbons (Fsp3) is 0.667. The molecule has 0 amide bonds. The molecule has 0 radical (unpaired) electrons. The molecular formula is C12H17N3O. The van der Waals surface area contributed by atoms with Crippen LogP contribution in [0.15, 0.2) is 4.79 Å². The standard InChI is InChI=1S/C12H17N3O/c16-12-9-5-6-13-7-10(9)14-11(15-12)8-3-1-2-4-8/h8,13H,1-7H2,(H,14,15,16). The van der Waals surface area contributed by atoms with Crippen molar-refractivity contribution in [1.82, 2.24) is 15.3 Å². The summed E-state index contributed by atoms with van der Waals surface area (Å²) in [5.74, 6) is 1.41. The molecule has 1 aromatic rings. The van der Waals surface area contributed by atoms with Gasteiger partial charge in [-0.2, -0.15) is 0 Å². The van der Waals surface area contributed by atoms with E-state index in [1.54, 1.807) is 0 Å². The Morgan fingerprint density at radius 1 is 1.25 bits per heavy atom. The van der Waals surface area contributed by atoms with Crippen LogP contribution in [0.25, 0.3) is 0 Å². The van der Waals surface area contributed by atoms with E-state index in [-0.39, 0.29) is 5.56 Å². The van der Waals surface area contributed by atoms with Crippen molar-refractivity contribution in [2.45, 2.75) is 44.6 Å². The Hall–Kier alpha value is -1.16. The molecule has 0 bridgehead atoms. The van der Waals surface area contributed by atoms with Gasteiger partial charge in [0.05, 0.1) is 5.69 Å². The Kier molecular flexibility index (Phi) is 2.52. The Labute approximate surface area is 94.5 Å². The summed E-state index contributed by atoms with van der Waals surface area (Å²) in [6.07, 6.45) is 5.69. The number of fused-ring (bicyclic) bond motifs is 1. The van der Waals surface area contributed by atoms with Gasteiger partial charge in [0.25, 0.3) is 5.56 Å². The molecule has 2 N–H and O–H groups in total. The van der Waals surface area contributed by atoms with Crippen molar-refractivity contribution in [3.8, 4) is 0 Å². The molecule has 86 valence electrons. The van der Waals surface area contributed by atoms with Crippen LogP contribution in [0.4, 0.5) is 0 Å². The molecule has 1 saturated carbocycles.